The van der Waals surface area contributed by atoms with Crippen molar-refractivity contribution >= 4 is 36.6 Å². The Balaban J connectivity index is 1.48. The largest absolute Gasteiger partial charge is 0.421 e. The van der Waals surface area contributed by atoms with Crippen molar-refractivity contribution in [2.75, 3.05) is 24.3 Å². The number of nitrogens with one attached hydrogen (secondary N) is 2. The topological polar surface area (TPSA) is 186 Å². The molecule has 13 nitrogen and oxygen atoms in total. The lowest BCUT2D eigenvalue weighted by atomic mass is 9.97. The van der Waals surface area contributed by atoms with Gasteiger partial charge in [-0.15, -0.1) is 0 Å². The molecule has 17 heteroatoms. The molecule has 5 rings (SSSR count). The highest BCUT2D eigenvalue weighted by molar-refractivity contribution is 7.50. The number of fused-ring (bicyclic) bond motifs is 1. The van der Waals surface area contributed by atoms with Crippen LogP contribution < -0.4 is 10.6 Å². The van der Waals surface area contributed by atoms with Gasteiger partial charge in [-0.3, -0.25) is 14.0 Å². The fourth-order valence-electron chi connectivity index (χ4n) is 4.74. The molecule has 1 aliphatic heterocycles. The summed E-state index contributed by atoms with van der Waals surface area (Å²) >= 11 is 0. The number of nitrogens with zero attached hydrogens (tertiary/aromatic N) is 5. The molecule has 0 unspecified atom stereocenters. The van der Waals surface area contributed by atoms with Gasteiger partial charge in [0.25, 0.3) is 5.91 Å². The van der Waals surface area contributed by atoms with E-state index >= 15 is 0 Å². The Kier molecular flexibility index (Phi) is 8.46. The molecule has 2 aromatic carbocycles. The van der Waals surface area contributed by atoms with Crippen molar-refractivity contribution in [2.45, 2.75) is 31.5 Å². The highest BCUT2D eigenvalue weighted by atomic mass is 31.2. The number of hydrogen-bond donors (Lipinski definition) is 6. The quantitative estimate of drug-likeness (QED) is 0.141. The van der Waals surface area contributed by atoms with Crippen LogP contribution in [-0.4, -0.2) is 70.3 Å². The average molecular weight is 634 g/mol. The molecule has 0 saturated carbocycles. The third-order valence-corrected chi connectivity index (χ3v) is 7.54. The summed E-state index contributed by atoms with van der Waals surface area (Å²) in [5, 5.41) is 28.5. The number of amides is 1. The fraction of sp³-hybridized carbons (Fsp3) is 0.259. The highest BCUT2D eigenvalue weighted by Gasteiger charge is 2.37. The number of rotatable bonds is 10. The van der Waals surface area contributed by atoms with Crippen molar-refractivity contribution in [3.05, 3.63) is 77.2 Å². The van der Waals surface area contributed by atoms with Gasteiger partial charge in [0.1, 0.15) is 11.4 Å². The van der Waals surface area contributed by atoms with Crippen molar-refractivity contribution in [1.29, 1.82) is 0 Å². The average Bonchev–Trinajstić information content (AvgIpc) is 3.52. The molecule has 4 aromatic rings. The first kappa shape index (κ1) is 31.1. The molecule has 1 atom stereocenters. The number of hydrogen-bond acceptors (Lipinski definition) is 9. The number of alkyl halides is 3. The smallest absolute Gasteiger partial charge is 0.394 e. The molecular formula is C27H27F3N7O6P. The van der Waals surface area contributed by atoms with E-state index in [4.69, 9.17) is 14.9 Å². The first-order valence-corrected chi connectivity index (χ1v) is 14.9. The van der Waals surface area contributed by atoms with E-state index in [0.717, 1.165) is 0 Å². The predicted octanol–water partition coefficient (Wildman–Crippen LogP) is 3.46. The Morgan fingerprint density at radius 2 is 1.82 bits per heavy atom. The van der Waals surface area contributed by atoms with E-state index < -0.39 is 49.9 Å². The standard InChI is InChI=1S/C27H27F3N7O6P/c1-36-12-20-19(16-8-32-37(10-16)11-18(39)13-38)6-7-22(23(20)25(36)40)34-24-21(27(28,29)30)9-31-26(35-24)33-17-4-2-15(3-5-17)14-44(41,42)43/h2-10,18,38-39H,11-14H2,1H3,(H2,41,42,43)(H2,31,33,34,35)/t18-/m0/s1. The first-order chi connectivity index (χ1) is 20.7. The Bertz CT molecular complexity index is 1740. The van der Waals surface area contributed by atoms with Gasteiger partial charge in [0.2, 0.25) is 5.95 Å². The van der Waals surface area contributed by atoms with Crippen LogP contribution in [-0.2, 0) is 30.0 Å². The van der Waals surface area contributed by atoms with Gasteiger partial charge < -0.3 is 35.5 Å². The maximum absolute atomic E-state index is 14.0. The summed E-state index contributed by atoms with van der Waals surface area (Å²) in [5.74, 6) is -1.21. The van der Waals surface area contributed by atoms with E-state index in [9.17, 15) is 27.6 Å². The van der Waals surface area contributed by atoms with Crippen molar-refractivity contribution in [2.24, 2.45) is 0 Å². The lowest BCUT2D eigenvalue weighted by molar-refractivity contribution is -0.137. The number of aliphatic hydroxyl groups excluding tert-OH is 2. The van der Waals surface area contributed by atoms with Gasteiger partial charge >= 0.3 is 13.8 Å². The zero-order valence-corrected chi connectivity index (χ0v) is 23.9. The van der Waals surface area contributed by atoms with Gasteiger partial charge in [-0.05, 0) is 34.9 Å². The number of benzene rings is 2. The van der Waals surface area contributed by atoms with Gasteiger partial charge in [-0.25, -0.2) is 4.98 Å². The first-order valence-electron chi connectivity index (χ1n) is 13.1. The Morgan fingerprint density at radius 1 is 1.09 bits per heavy atom. The summed E-state index contributed by atoms with van der Waals surface area (Å²) in [4.78, 5) is 40.7. The number of halogens is 3. The van der Waals surface area contributed by atoms with Crippen LogP contribution in [0.1, 0.15) is 27.0 Å². The van der Waals surface area contributed by atoms with Gasteiger partial charge in [-0.1, -0.05) is 18.2 Å². The predicted molar refractivity (Wildman–Crippen MR) is 152 cm³/mol. The maximum atomic E-state index is 14.0. The monoisotopic (exact) mass is 633 g/mol. The summed E-state index contributed by atoms with van der Waals surface area (Å²) in [7, 11) is -2.71. The van der Waals surface area contributed by atoms with Gasteiger partial charge in [0, 0.05) is 37.2 Å². The summed E-state index contributed by atoms with van der Waals surface area (Å²) in [6, 6.07) is 8.98. The molecule has 232 valence electrons. The van der Waals surface area contributed by atoms with Crippen LogP contribution in [0.2, 0.25) is 0 Å². The molecule has 1 aliphatic rings. The molecule has 0 fully saturated rings. The molecule has 0 saturated heterocycles. The molecule has 0 bridgehead atoms. The molecule has 0 spiro atoms. The van der Waals surface area contributed by atoms with Gasteiger partial charge in [0.15, 0.2) is 0 Å². The number of aliphatic hydroxyl groups is 2. The number of aromatic nitrogens is 4. The molecule has 1 amide bonds. The minimum Gasteiger partial charge on any atom is -0.394 e. The van der Waals surface area contributed by atoms with Gasteiger partial charge in [-0.2, -0.15) is 23.3 Å². The highest BCUT2D eigenvalue weighted by Crippen LogP contribution is 2.41. The number of carbonyl (C=O) groups excluding carboxylic acids is 1. The van der Waals surface area contributed by atoms with Crippen molar-refractivity contribution in [1.82, 2.24) is 24.6 Å². The normalized spacial score (nSPS) is 14.1. The Labute approximate surface area is 248 Å². The lowest BCUT2D eigenvalue weighted by Crippen LogP contribution is -2.19. The Morgan fingerprint density at radius 3 is 2.48 bits per heavy atom. The Hall–Kier alpha value is -4.34. The fourth-order valence-corrected chi connectivity index (χ4v) is 5.43. The van der Waals surface area contributed by atoms with Gasteiger partial charge in [0.05, 0.1) is 42.9 Å². The zero-order chi connectivity index (χ0) is 31.8. The third-order valence-electron chi connectivity index (χ3n) is 6.77. The van der Waals surface area contributed by atoms with E-state index in [1.54, 1.807) is 19.3 Å². The second kappa shape index (κ2) is 12.0. The molecule has 44 heavy (non-hydrogen) atoms. The summed E-state index contributed by atoms with van der Waals surface area (Å²) in [6.07, 6.45) is -2.55. The van der Waals surface area contributed by atoms with Crippen LogP contribution in [0, 0.1) is 0 Å². The van der Waals surface area contributed by atoms with Crippen LogP contribution in [0.4, 0.5) is 36.3 Å². The van der Waals surface area contributed by atoms with Crippen LogP contribution in [0.25, 0.3) is 11.1 Å². The molecule has 0 aliphatic carbocycles. The summed E-state index contributed by atoms with van der Waals surface area (Å²) < 4.78 is 54.6. The van der Waals surface area contributed by atoms with Crippen LogP contribution in [0.5, 0.6) is 0 Å². The molecule has 6 N–H and O–H groups in total. The molecule has 0 radical (unpaired) electrons. The van der Waals surface area contributed by atoms with E-state index in [1.165, 1.54) is 46.1 Å². The zero-order valence-electron chi connectivity index (χ0n) is 23.0. The summed E-state index contributed by atoms with van der Waals surface area (Å²) in [5.41, 5.74) is 1.60. The maximum Gasteiger partial charge on any atom is 0.421 e. The second-order valence-electron chi connectivity index (χ2n) is 10.2. The second-order valence-corrected chi connectivity index (χ2v) is 11.8. The van der Waals surface area contributed by atoms with Crippen molar-refractivity contribution in [3.63, 3.8) is 0 Å². The molecular weight excluding hydrogens is 606 g/mol. The van der Waals surface area contributed by atoms with E-state index in [-0.39, 0.29) is 30.3 Å². The summed E-state index contributed by atoms with van der Waals surface area (Å²) in [6.45, 7) is -0.223. The van der Waals surface area contributed by atoms with E-state index in [1.807, 2.05) is 0 Å². The van der Waals surface area contributed by atoms with Crippen molar-refractivity contribution < 1.29 is 42.5 Å². The number of anilines is 4. The molecule has 2 aromatic heterocycles. The number of carbonyl (C=O) groups is 1. The van der Waals surface area contributed by atoms with Crippen LogP contribution in [0.15, 0.2) is 55.0 Å². The van der Waals surface area contributed by atoms with Crippen LogP contribution >= 0.6 is 7.60 Å². The molecule has 3 heterocycles. The van der Waals surface area contributed by atoms with Crippen LogP contribution in [0.3, 0.4) is 0 Å². The SMILES string of the molecule is CN1Cc2c(-c3cnn(C[C@H](O)CO)c3)ccc(Nc3nc(Nc4ccc(CP(=O)(O)O)cc4)ncc3C(F)(F)F)c2C1=O. The van der Waals surface area contributed by atoms with Crippen molar-refractivity contribution in [3.8, 4) is 11.1 Å². The lowest BCUT2D eigenvalue weighted by Gasteiger charge is -2.17. The minimum absolute atomic E-state index is 0.0407. The third kappa shape index (κ3) is 6.90. The van der Waals surface area contributed by atoms with E-state index in [0.29, 0.717) is 34.1 Å². The van der Waals surface area contributed by atoms with E-state index in [2.05, 4.69) is 25.7 Å². The minimum atomic E-state index is -4.83.